The van der Waals surface area contributed by atoms with Crippen LogP contribution >= 0.6 is 0 Å². The lowest BCUT2D eigenvalue weighted by Gasteiger charge is -2.13. The molecule has 0 heterocycles. The molecule has 0 spiro atoms. The molecule has 0 bridgehead atoms. The maximum atomic E-state index is 7.52. The number of para-hydroxylation sites is 1. The van der Waals surface area contributed by atoms with E-state index in [-0.39, 0.29) is 5.84 Å². The fourth-order valence-corrected chi connectivity index (χ4v) is 1.64. The molecule has 0 aliphatic rings. The normalized spacial score (nSPS) is 10.4. The molecule has 0 aromatic heterocycles. The number of amidine groups is 1. The lowest BCUT2D eigenvalue weighted by molar-refractivity contribution is 0.0644. The fraction of sp³-hybridized carbons (Fsp3) is 0.500. The van der Waals surface area contributed by atoms with Crippen LogP contribution in [0, 0.1) is 12.3 Å². The van der Waals surface area contributed by atoms with Gasteiger partial charge in [-0.25, -0.2) is 0 Å². The molecule has 0 fully saturated rings. The Balaban J connectivity index is 2.38. The van der Waals surface area contributed by atoms with Crippen LogP contribution in [0.4, 0.5) is 0 Å². The van der Waals surface area contributed by atoms with Gasteiger partial charge in [0.15, 0.2) is 0 Å². The minimum Gasteiger partial charge on any atom is -0.492 e. The van der Waals surface area contributed by atoms with Crippen LogP contribution in [0.25, 0.3) is 0 Å². The van der Waals surface area contributed by atoms with Gasteiger partial charge in [-0.3, -0.25) is 5.41 Å². The summed E-state index contributed by atoms with van der Waals surface area (Å²) in [5, 5.41) is 7.52. The van der Waals surface area contributed by atoms with E-state index in [1.807, 2.05) is 19.1 Å². The summed E-state index contributed by atoms with van der Waals surface area (Å²) in [5.74, 6) is 0.710. The van der Waals surface area contributed by atoms with Crippen molar-refractivity contribution in [1.82, 2.24) is 0 Å². The van der Waals surface area contributed by atoms with E-state index in [0.29, 0.717) is 37.7 Å². The number of hydrogen-bond acceptors (Lipinski definition) is 4. The number of nitrogens with one attached hydrogen (secondary N) is 1. The van der Waals surface area contributed by atoms with E-state index in [0.717, 1.165) is 12.0 Å². The number of nitrogen functional groups attached to an aromatic ring is 1. The molecule has 0 radical (unpaired) electrons. The summed E-state index contributed by atoms with van der Waals surface area (Å²) in [6.45, 7) is 4.31. The van der Waals surface area contributed by atoms with Crippen LogP contribution in [0.1, 0.15) is 17.5 Å². The Labute approximate surface area is 114 Å². The van der Waals surface area contributed by atoms with Crippen molar-refractivity contribution in [2.45, 2.75) is 13.3 Å². The minimum absolute atomic E-state index is 0.0232. The molecule has 19 heavy (non-hydrogen) atoms. The molecule has 3 N–H and O–H groups in total. The molecule has 0 atom stereocenters. The lowest BCUT2D eigenvalue weighted by Crippen LogP contribution is -2.14. The van der Waals surface area contributed by atoms with Crippen molar-refractivity contribution >= 4 is 5.84 Å². The SMILES string of the molecule is COCCOCCCOc1c(C)cccc1C(=N)N. The molecule has 1 rings (SSSR count). The summed E-state index contributed by atoms with van der Waals surface area (Å²) in [6, 6.07) is 5.60. The highest BCUT2D eigenvalue weighted by molar-refractivity contribution is 5.98. The number of aryl methyl sites for hydroxylation is 1. The van der Waals surface area contributed by atoms with E-state index in [4.69, 9.17) is 25.4 Å². The zero-order valence-electron chi connectivity index (χ0n) is 11.6. The topological polar surface area (TPSA) is 77.6 Å². The zero-order valence-corrected chi connectivity index (χ0v) is 11.6. The highest BCUT2D eigenvalue weighted by Gasteiger charge is 2.08. The molecule has 1 aromatic carbocycles. The Bertz CT molecular complexity index is 408. The first-order valence-electron chi connectivity index (χ1n) is 6.30. The smallest absolute Gasteiger partial charge is 0.133 e. The molecule has 1 aromatic rings. The Hall–Kier alpha value is -1.59. The molecule has 5 heteroatoms. The van der Waals surface area contributed by atoms with Crippen molar-refractivity contribution in [3.8, 4) is 5.75 Å². The maximum absolute atomic E-state index is 7.52. The van der Waals surface area contributed by atoms with Crippen molar-refractivity contribution in [2.24, 2.45) is 5.73 Å². The van der Waals surface area contributed by atoms with Gasteiger partial charge in [0.2, 0.25) is 0 Å². The van der Waals surface area contributed by atoms with Crippen LogP contribution in [-0.4, -0.2) is 39.4 Å². The first-order chi connectivity index (χ1) is 9.16. The van der Waals surface area contributed by atoms with Crippen LogP contribution in [0.3, 0.4) is 0 Å². The second-order valence-electron chi connectivity index (χ2n) is 4.17. The largest absolute Gasteiger partial charge is 0.492 e. The summed E-state index contributed by atoms with van der Waals surface area (Å²) < 4.78 is 15.9. The first-order valence-corrected chi connectivity index (χ1v) is 6.30. The molecule has 0 aliphatic heterocycles. The van der Waals surface area contributed by atoms with Gasteiger partial charge in [0.1, 0.15) is 11.6 Å². The van der Waals surface area contributed by atoms with Gasteiger partial charge < -0.3 is 19.9 Å². The molecule has 0 unspecified atom stereocenters. The Morgan fingerprint density at radius 2 is 2.00 bits per heavy atom. The summed E-state index contributed by atoms with van der Waals surface area (Å²) in [4.78, 5) is 0. The maximum Gasteiger partial charge on any atom is 0.133 e. The molecular formula is C14H22N2O3. The van der Waals surface area contributed by atoms with Crippen LogP contribution in [0.2, 0.25) is 0 Å². The lowest BCUT2D eigenvalue weighted by atomic mass is 10.1. The van der Waals surface area contributed by atoms with Crippen LogP contribution < -0.4 is 10.5 Å². The number of rotatable bonds is 9. The number of hydrogen-bond donors (Lipinski definition) is 2. The predicted octanol–water partition coefficient (Wildman–Crippen LogP) is 1.71. The third-order valence-electron chi connectivity index (χ3n) is 2.61. The summed E-state index contributed by atoms with van der Waals surface area (Å²) >= 11 is 0. The molecule has 0 saturated carbocycles. The molecular weight excluding hydrogens is 244 g/mol. The van der Waals surface area contributed by atoms with Gasteiger partial charge in [0.05, 0.1) is 25.4 Å². The second-order valence-corrected chi connectivity index (χ2v) is 4.17. The summed E-state index contributed by atoms with van der Waals surface area (Å²) in [7, 11) is 1.65. The second kappa shape index (κ2) is 8.50. The predicted molar refractivity (Wildman–Crippen MR) is 75.0 cm³/mol. The van der Waals surface area contributed by atoms with E-state index in [2.05, 4.69) is 0 Å². The minimum atomic E-state index is 0.0232. The van der Waals surface area contributed by atoms with E-state index >= 15 is 0 Å². The van der Waals surface area contributed by atoms with Crippen molar-refractivity contribution < 1.29 is 14.2 Å². The van der Waals surface area contributed by atoms with Crippen molar-refractivity contribution in [1.29, 1.82) is 5.41 Å². The number of ether oxygens (including phenoxy) is 3. The van der Waals surface area contributed by atoms with Gasteiger partial charge in [-0.2, -0.15) is 0 Å². The van der Waals surface area contributed by atoms with Crippen molar-refractivity contribution in [3.05, 3.63) is 29.3 Å². The van der Waals surface area contributed by atoms with Crippen LogP contribution in [0.15, 0.2) is 18.2 Å². The molecule has 106 valence electrons. The number of methoxy groups -OCH3 is 1. The average Bonchev–Trinajstić information content (AvgIpc) is 2.39. The third-order valence-corrected chi connectivity index (χ3v) is 2.61. The highest BCUT2D eigenvalue weighted by Crippen LogP contribution is 2.23. The van der Waals surface area contributed by atoms with E-state index in [1.165, 1.54) is 0 Å². The standard InChI is InChI=1S/C14H22N2O3/c1-11-5-3-6-12(14(15)16)13(11)19-8-4-7-18-10-9-17-2/h3,5-6H,4,7-10H2,1-2H3,(H3,15,16). The summed E-state index contributed by atoms with van der Waals surface area (Å²) in [6.07, 6.45) is 0.787. The van der Waals surface area contributed by atoms with E-state index in [9.17, 15) is 0 Å². The molecule has 0 amide bonds. The van der Waals surface area contributed by atoms with Crippen LogP contribution in [-0.2, 0) is 9.47 Å². The highest BCUT2D eigenvalue weighted by atomic mass is 16.5. The monoisotopic (exact) mass is 266 g/mol. The number of nitrogens with two attached hydrogens (primary N) is 1. The average molecular weight is 266 g/mol. The molecule has 0 saturated heterocycles. The third kappa shape index (κ3) is 5.28. The van der Waals surface area contributed by atoms with E-state index < -0.39 is 0 Å². The van der Waals surface area contributed by atoms with Gasteiger partial charge in [0.25, 0.3) is 0 Å². The quantitative estimate of drug-likeness (QED) is 0.405. The van der Waals surface area contributed by atoms with Crippen molar-refractivity contribution in [3.63, 3.8) is 0 Å². The fourth-order valence-electron chi connectivity index (χ4n) is 1.64. The molecule has 5 nitrogen and oxygen atoms in total. The van der Waals surface area contributed by atoms with Crippen molar-refractivity contribution in [2.75, 3.05) is 33.5 Å². The Morgan fingerprint density at radius 1 is 1.21 bits per heavy atom. The zero-order chi connectivity index (χ0) is 14.1. The number of benzene rings is 1. The van der Waals surface area contributed by atoms with Gasteiger partial charge in [-0.15, -0.1) is 0 Å². The first kappa shape index (κ1) is 15.5. The van der Waals surface area contributed by atoms with Gasteiger partial charge in [-0.1, -0.05) is 12.1 Å². The van der Waals surface area contributed by atoms with Crippen LogP contribution in [0.5, 0.6) is 5.75 Å². The molecule has 0 aliphatic carbocycles. The summed E-state index contributed by atoms with van der Waals surface area (Å²) in [5.41, 5.74) is 7.15. The Morgan fingerprint density at radius 3 is 2.68 bits per heavy atom. The van der Waals surface area contributed by atoms with Gasteiger partial charge >= 0.3 is 0 Å². The van der Waals surface area contributed by atoms with Gasteiger partial charge in [-0.05, 0) is 18.6 Å². The Kier molecular flexibility index (Phi) is 6.92. The van der Waals surface area contributed by atoms with Gasteiger partial charge in [0, 0.05) is 20.1 Å². The van der Waals surface area contributed by atoms with E-state index in [1.54, 1.807) is 13.2 Å².